The summed E-state index contributed by atoms with van der Waals surface area (Å²) >= 11 is 0. The lowest BCUT2D eigenvalue weighted by atomic mass is 9.80. The van der Waals surface area contributed by atoms with E-state index in [2.05, 4.69) is 128 Å². The van der Waals surface area contributed by atoms with Crippen LogP contribution in [-0.2, 0) is 10.8 Å². The van der Waals surface area contributed by atoms with Crippen LogP contribution < -0.4 is 4.90 Å². The Labute approximate surface area is 238 Å². The Morgan fingerprint density at radius 2 is 1.52 bits per heavy atom. The van der Waals surface area contributed by atoms with Gasteiger partial charge in [-0.3, -0.25) is 0 Å². The van der Waals surface area contributed by atoms with Crippen molar-refractivity contribution in [3.63, 3.8) is 0 Å². The van der Waals surface area contributed by atoms with Gasteiger partial charge in [0, 0.05) is 29.9 Å². The Bertz CT molecular complexity index is 1630. The highest BCUT2D eigenvalue weighted by molar-refractivity contribution is 6.03. The van der Waals surface area contributed by atoms with Crippen molar-refractivity contribution in [3.05, 3.63) is 125 Å². The quantitative estimate of drug-likeness (QED) is 0.323. The lowest BCUT2D eigenvalue weighted by Gasteiger charge is -2.25. The van der Waals surface area contributed by atoms with Gasteiger partial charge in [-0.25, -0.2) is 9.56 Å². The van der Waals surface area contributed by atoms with Crippen molar-refractivity contribution in [3.8, 4) is 0 Å². The van der Waals surface area contributed by atoms with Crippen LogP contribution in [0, 0.1) is 0 Å². The number of nitrogens with zero attached hydrogens (tertiary/aromatic N) is 4. The van der Waals surface area contributed by atoms with Crippen LogP contribution in [0.5, 0.6) is 0 Å². The first kappa shape index (κ1) is 26.2. The first-order valence-corrected chi connectivity index (χ1v) is 14.4. The van der Waals surface area contributed by atoms with Crippen molar-refractivity contribution in [1.82, 2.24) is 9.97 Å². The summed E-state index contributed by atoms with van der Waals surface area (Å²) in [5, 5.41) is 0. The SMILES string of the molecule is CN1/C(=C/C=C2\CCCC(/C=C/C3=[N+](C)c4ncccc4C3(C)C)=C2c2ccccc2)C(C)(C)c2cccnc21. The van der Waals surface area contributed by atoms with E-state index in [-0.39, 0.29) is 10.8 Å². The highest BCUT2D eigenvalue weighted by Crippen LogP contribution is 2.46. The molecule has 0 unspecified atom stereocenters. The minimum Gasteiger partial charge on any atom is -0.332 e. The highest BCUT2D eigenvalue weighted by atomic mass is 15.2. The summed E-state index contributed by atoms with van der Waals surface area (Å²) in [6.45, 7) is 9.20. The summed E-state index contributed by atoms with van der Waals surface area (Å²) in [6.07, 6.45) is 16.4. The monoisotopic (exact) mass is 527 g/mol. The summed E-state index contributed by atoms with van der Waals surface area (Å²) in [5.41, 5.74) is 10.4. The van der Waals surface area contributed by atoms with E-state index in [9.17, 15) is 0 Å². The largest absolute Gasteiger partial charge is 0.332 e. The predicted octanol–water partition coefficient (Wildman–Crippen LogP) is 7.91. The van der Waals surface area contributed by atoms with E-state index in [0.717, 1.165) is 30.9 Å². The molecule has 0 saturated carbocycles. The summed E-state index contributed by atoms with van der Waals surface area (Å²) in [7, 11) is 4.27. The van der Waals surface area contributed by atoms with Gasteiger partial charge in [-0.2, -0.15) is 0 Å². The van der Waals surface area contributed by atoms with Gasteiger partial charge in [0.05, 0.1) is 18.0 Å². The van der Waals surface area contributed by atoms with Gasteiger partial charge < -0.3 is 4.90 Å². The van der Waals surface area contributed by atoms with E-state index in [4.69, 9.17) is 0 Å². The van der Waals surface area contributed by atoms with Gasteiger partial charge in [0.15, 0.2) is 0 Å². The number of rotatable bonds is 4. The molecule has 4 nitrogen and oxygen atoms in total. The number of pyridine rings is 2. The minimum absolute atomic E-state index is 0.0955. The average molecular weight is 528 g/mol. The smallest absolute Gasteiger partial charge is 0.327 e. The molecule has 0 bridgehead atoms. The van der Waals surface area contributed by atoms with E-state index in [1.54, 1.807) is 0 Å². The summed E-state index contributed by atoms with van der Waals surface area (Å²) in [4.78, 5) is 11.6. The van der Waals surface area contributed by atoms with Crippen molar-refractivity contribution in [2.24, 2.45) is 0 Å². The number of aromatic nitrogens is 2. The molecule has 0 amide bonds. The van der Waals surface area contributed by atoms with Gasteiger partial charge in [-0.05, 0) is 90.7 Å². The van der Waals surface area contributed by atoms with Gasteiger partial charge in [0.2, 0.25) is 0 Å². The Balaban J connectivity index is 1.44. The average Bonchev–Trinajstić information content (AvgIpc) is 3.28. The number of anilines is 1. The Morgan fingerprint density at radius 3 is 2.25 bits per heavy atom. The van der Waals surface area contributed by atoms with Crippen LogP contribution in [0.4, 0.5) is 11.6 Å². The zero-order chi connectivity index (χ0) is 28.1. The topological polar surface area (TPSA) is 32.0 Å². The van der Waals surface area contributed by atoms with Gasteiger partial charge in [-0.15, -0.1) is 0 Å². The second kappa shape index (κ2) is 9.85. The number of allylic oxidation sites excluding steroid dienone is 8. The molecule has 3 aliphatic rings. The normalized spacial score (nSPS) is 21.6. The molecule has 4 heterocycles. The number of hydrogen-bond donors (Lipinski definition) is 0. The molecule has 6 rings (SSSR count). The fraction of sp³-hybridized carbons (Fsp3) is 0.306. The van der Waals surface area contributed by atoms with Crippen LogP contribution in [-0.4, -0.2) is 34.4 Å². The van der Waals surface area contributed by atoms with Gasteiger partial charge in [-0.1, -0.05) is 62.4 Å². The third-order valence-corrected chi connectivity index (χ3v) is 9.04. The number of fused-ring (bicyclic) bond motifs is 2. The Hall–Kier alpha value is -4.05. The second-order valence-electron chi connectivity index (χ2n) is 12.2. The maximum atomic E-state index is 4.69. The summed E-state index contributed by atoms with van der Waals surface area (Å²) < 4.78 is 2.25. The predicted molar refractivity (Wildman–Crippen MR) is 166 cm³/mol. The molecule has 0 fully saturated rings. The maximum Gasteiger partial charge on any atom is 0.327 e. The van der Waals surface area contributed by atoms with Crippen LogP contribution >= 0.6 is 0 Å². The van der Waals surface area contributed by atoms with Crippen LogP contribution in [0.3, 0.4) is 0 Å². The number of likely N-dealkylation sites (N-methyl/N-ethyl adjacent to an activating group) is 1. The fourth-order valence-electron chi connectivity index (χ4n) is 6.88. The van der Waals surface area contributed by atoms with Crippen LogP contribution in [0.1, 0.15) is 63.6 Å². The van der Waals surface area contributed by atoms with Crippen molar-refractivity contribution < 1.29 is 4.58 Å². The first-order chi connectivity index (χ1) is 19.2. The molecule has 0 spiro atoms. The van der Waals surface area contributed by atoms with Crippen molar-refractivity contribution >= 4 is 22.9 Å². The molecule has 1 aliphatic carbocycles. The molecule has 0 radical (unpaired) electrons. The van der Waals surface area contributed by atoms with Crippen LogP contribution in [0.2, 0.25) is 0 Å². The second-order valence-corrected chi connectivity index (χ2v) is 12.2. The van der Waals surface area contributed by atoms with Crippen LogP contribution in [0.15, 0.2) is 108 Å². The third kappa shape index (κ3) is 4.18. The minimum atomic E-state index is -0.0955. The van der Waals surface area contributed by atoms with E-state index < -0.39 is 0 Å². The molecule has 4 heteroatoms. The Kier molecular flexibility index (Phi) is 6.45. The van der Waals surface area contributed by atoms with Crippen molar-refractivity contribution in [2.75, 3.05) is 19.0 Å². The molecule has 0 saturated heterocycles. The molecule has 1 aromatic carbocycles. The van der Waals surface area contributed by atoms with E-state index in [0.29, 0.717) is 0 Å². The zero-order valence-electron chi connectivity index (χ0n) is 24.6. The molecule has 2 aliphatic heterocycles. The third-order valence-electron chi connectivity index (χ3n) is 9.04. The maximum absolute atomic E-state index is 4.69. The lowest BCUT2D eigenvalue weighted by Crippen LogP contribution is -2.26. The van der Waals surface area contributed by atoms with Gasteiger partial charge >= 0.3 is 5.82 Å². The highest BCUT2D eigenvalue weighted by Gasteiger charge is 2.42. The molecular weight excluding hydrogens is 488 g/mol. The van der Waals surface area contributed by atoms with E-state index >= 15 is 0 Å². The first-order valence-electron chi connectivity index (χ1n) is 14.4. The van der Waals surface area contributed by atoms with E-state index in [1.807, 2.05) is 24.5 Å². The summed E-state index contributed by atoms with van der Waals surface area (Å²) in [5.74, 6) is 2.11. The molecule has 202 valence electrons. The zero-order valence-corrected chi connectivity index (χ0v) is 24.6. The lowest BCUT2D eigenvalue weighted by molar-refractivity contribution is -0.406. The molecule has 0 N–H and O–H groups in total. The van der Waals surface area contributed by atoms with Gasteiger partial charge in [0.25, 0.3) is 0 Å². The molecule has 0 atom stereocenters. The van der Waals surface area contributed by atoms with Crippen molar-refractivity contribution in [2.45, 2.75) is 57.8 Å². The fourth-order valence-corrected chi connectivity index (χ4v) is 6.88. The molecular formula is C36H39N4+. The van der Waals surface area contributed by atoms with E-state index in [1.165, 1.54) is 44.8 Å². The molecule has 40 heavy (non-hydrogen) atoms. The Morgan fingerprint density at radius 1 is 0.800 bits per heavy atom. The van der Waals surface area contributed by atoms with Crippen LogP contribution in [0.25, 0.3) is 5.57 Å². The number of benzene rings is 1. The van der Waals surface area contributed by atoms with Crippen molar-refractivity contribution in [1.29, 1.82) is 0 Å². The summed E-state index contributed by atoms with van der Waals surface area (Å²) in [6, 6.07) is 19.4. The number of hydrogen-bond acceptors (Lipinski definition) is 3. The molecule has 2 aromatic heterocycles. The standard InChI is InChI=1S/C36H39N4/c1-35(2)28-17-11-23-37-33(28)39(5)30(35)21-19-26-15-10-16-27(32(26)25-13-8-7-9-14-25)20-22-31-36(3,4)29-18-12-24-38-34(29)40(31)6/h7-9,11-14,17-24H,10,15-16H2,1-6H3/q+1. The molecule has 3 aromatic rings. The van der Waals surface area contributed by atoms with Gasteiger partial charge in [0.1, 0.15) is 17.7 Å².